The van der Waals surface area contributed by atoms with Gasteiger partial charge in [-0.3, -0.25) is 4.79 Å². The van der Waals surface area contributed by atoms with E-state index >= 15 is 0 Å². The van der Waals surface area contributed by atoms with Crippen molar-refractivity contribution in [2.75, 3.05) is 5.73 Å². The van der Waals surface area contributed by atoms with Crippen molar-refractivity contribution in [2.45, 2.75) is 10.6 Å². The molecule has 0 aliphatic heterocycles. The number of phenolic OH excluding ortho intramolecular Hbond substituents is 1. The van der Waals surface area contributed by atoms with Crippen molar-refractivity contribution in [2.24, 2.45) is 5.10 Å². The molecule has 0 aliphatic rings. The molecule has 4 aromatic rings. The van der Waals surface area contributed by atoms with Crippen molar-refractivity contribution in [3.63, 3.8) is 0 Å². The maximum absolute atomic E-state index is 12.7. The number of hydrazone groups is 1. The van der Waals surface area contributed by atoms with Crippen LogP contribution in [-0.4, -0.2) is 42.5 Å². The lowest BCUT2D eigenvalue weighted by molar-refractivity contribution is 0.0949. The number of amides is 1. The zero-order valence-electron chi connectivity index (χ0n) is 15.9. The third-order valence-corrected chi connectivity index (χ3v) is 5.12. The summed E-state index contributed by atoms with van der Waals surface area (Å²) < 4.78 is 5.95. The molecule has 0 fully saturated rings. The Morgan fingerprint density at radius 1 is 1.19 bits per heavy atom. The number of nitrogen functional groups attached to an aromatic ring is 1. The minimum atomic E-state index is -0.586. The van der Waals surface area contributed by atoms with E-state index in [2.05, 4.69) is 35.8 Å². The number of rotatable bonds is 7. The summed E-state index contributed by atoms with van der Waals surface area (Å²) >= 11 is 1.48. The van der Waals surface area contributed by atoms with Crippen LogP contribution in [0.1, 0.15) is 21.7 Å². The molecule has 0 atom stereocenters. The van der Waals surface area contributed by atoms with Crippen LogP contribution in [0.2, 0.25) is 0 Å². The highest BCUT2D eigenvalue weighted by Gasteiger charge is 2.24. The Balaban J connectivity index is 1.58. The summed E-state index contributed by atoms with van der Waals surface area (Å²) in [4.78, 5) is 13.7. The van der Waals surface area contributed by atoms with E-state index in [9.17, 15) is 9.90 Å². The Morgan fingerprint density at radius 3 is 2.71 bits per heavy atom. The van der Waals surface area contributed by atoms with Crippen LogP contribution >= 0.6 is 11.8 Å². The van der Waals surface area contributed by atoms with Crippen LogP contribution in [-0.2, 0) is 5.75 Å². The summed E-state index contributed by atoms with van der Waals surface area (Å²) in [5.74, 6) is -0.0553. The molecule has 4 N–H and O–H groups in total. The van der Waals surface area contributed by atoms with E-state index in [0.29, 0.717) is 17.0 Å². The molecule has 2 aromatic heterocycles. The first-order chi connectivity index (χ1) is 15.1. The molecule has 0 radical (unpaired) electrons. The summed E-state index contributed by atoms with van der Waals surface area (Å²) in [7, 11) is 0. The first kappa shape index (κ1) is 20.1. The van der Waals surface area contributed by atoms with Gasteiger partial charge in [-0.1, -0.05) is 35.5 Å². The zero-order valence-corrected chi connectivity index (χ0v) is 16.7. The number of benzene rings is 2. The minimum absolute atomic E-state index is 0.0143. The maximum atomic E-state index is 12.7. The average Bonchev–Trinajstić information content (AvgIpc) is 3.40. The highest BCUT2D eigenvalue weighted by Crippen LogP contribution is 2.25. The van der Waals surface area contributed by atoms with E-state index in [4.69, 9.17) is 5.73 Å². The Hall–Kier alpha value is -4.19. The summed E-state index contributed by atoms with van der Waals surface area (Å²) in [5, 5.41) is 28.9. The second-order valence-electron chi connectivity index (χ2n) is 6.13. The van der Waals surface area contributed by atoms with E-state index in [1.165, 1.54) is 28.7 Å². The quantitative estimate of drug-likeness (QED) is 0.224. The fourth-order valence-electron chi connectivity index (χ4n) is 2.59. The number of carbonyl (C=O) groups excluding carboxylic acids is 1. The second kappa shape index (κ2) is 9.09. The molecule has 11 nitrogen and oxygen atoms in total. The lowest BCUT2D eigenvalue weighted by Gasteiger charge is -2.05. The Labute approximate surface area is 179 Å². The van der Waals surface area contributed by atoms with Crippen LogP contribution in [0.25, 0.3) is 5.82 Å². The van der Waals surface area contributed by atoms with Gasteiger partial charge in [0.25, 0.3) is 5.91 Å². The van der Waals surface area contributed by atoms with Crippen LogP contribution in [0, 0.1) is 0 Å². The highest BCUT2D eigenvalue weighted by atomic mass is 32.2. The summed E-state index contributed by atoms with van der Waals surface area (Å²) in [6.45, 7) is 0. The van der Waals surface area contributed by atoms with E-state index < -0.39 is 5.91 Å². The highest BCUT2D eigenvalue weighted by molar-refractivity contribution is 7.98. The van der Waals surface area contributed by atoms with Crippen molar-refractivity contribution >= 4 is 29.7 Å². The summed E-state index contributed by atoms with van der Waals surface area (Å²) in [6.07, 6.45) is 1.33. The van der Waals surface area contributed by atoms with Gasteiger partial charge in [-0.2, -0.15) is 9.78 Å². The lowest BCUT2D eigenvalue weighted by Crippen LogP contribution is -2.20. The van der Waals surface area contributed by atoms with Gasteiger partial charge in [0.15, 0.2) is 5.69 Å². The van der Waals surface area contributed by atoms with Crippen molar-refractivity contribution in [3.8, 4) is 11.6 Å². The van der Waals surface area contributed by atoms with E-state index in [1.807, 2.05) is 30.3 Å². The molecule has 1 amide bonds. The first-order valence-electron chi connectivity index (χ1n) is 8.95. The molecule has 0 saturated heterocycles. The normalized spacial score (nSPS) is 11.1. The zero-order chi connectivity index (χ0) is 21.6. The van der Waals surface area contributed by atoms with Crippen molar-refractivity contribution in [3.05, 3.63) is 71.5 Å². The molecule has 12 heteroatoms. The van der Waals surface area contributed by atoms with Crippen LogP contribution < -0.4 is 11.2 Å². The van der Waals surface area contributed by atoms with Crippen molar-refractivity contribution in [1.29, 1.82) is 0 Å². The Morgan fingerprint density at radius 2 is 1.97 bits per heavy atom. The van der Waals surface area contributed by atoms with Gasteiger partial charge < -0.3 is 10.8 Å². The number of nitrogens with zero attached hydrogens (tertiary/aromatic N) is 6. The van der Waals surface area contributed by atoms with Crippen LogP contribution in [0.5, 0.6) is 5.75 Å². The molecular weight excluding hydrogens is 420 g/mol. The third kappa shape index (κ3) is 4.53. The number of anilines is 1. The molecule has 2 aromatic carbocycles. The molecule has 2 heterocycles. The number of hydrogen-bond acceptors (Lipinski definition) is 10. The molecule has 31 heavy (non-hydrogen) atoms. The largest absolute Gasteiger partial charge is 0.507 e. The summed E-state index contributed by atoms with van der Waals surface area (Å²) in [5.41, 5.74) is 9.10. The molecule has 0 aliphatic carbocycles. The van der Waals surface area contributed by atoms with Gasteiger partial charge in [0.1, 0.15) is 5.75 Å². The van der Waals surface area contributed by atoms with E-state index in [-0.39, 0.29) is 23.1 Å². The second-order valence-corrected chi connectivity index (χ2v) is 7.18. The number of hydrogen-bond donors (Lipinski definition) is 3. The van der Waals surface area contributed by atoms with Gasteiger partial charge in [-0.25, -0.2) is 10.1 Å². The standard InChI is InChI=1S/C19H16N8O3S/c20-17-18(25-30-24-17)27-14(11-31-13-7-2-1-3-8-13)16(22-26-27)19(29)23-21-10-12-6-4-5-9-15(12)28/h1-10,28H,11H2,(H2,20,24)(H,23,29)/b21-10-. The number of nitrogens with two attached hydrogens (primary N) is 1. The number of thioether (sulfide) groups is 1. The van der Waals surface area contributed by atoms with Gasteiger partial charge in [0, 0.05) is 16.2 Å². The number of nitrogens with one attached hydrogen (secondary N) is 1. The van der Waals surface area contributed by atoms with Gasteiger partial charge >= 0.3 is 0 Å². The van der Waals surface area contributed by atoms with Gasteiger partial charge in [0.05, 0.1) is 11.9 Å². The van der Waals surface area contributed by atoms with Gasteiger partial charge in [0.2, 0.25) is 11.6 Å². The topological polar surface area (TPSA) is 157 Å². The fraction of sp³-hybridized carbons (Fsp3) is 0.0526. The van der Waals surface area contributed by atoms with Crippen LogP contribution in [0.15, 0.2) is 69.2 Å². The minimum Gasteiger partial charge on any atom is -0.507 e. The van der Waals surface area contributed by atoms with Crippen molar-refractivity contribution < 1.29 is 14.5 Å². The number of aromatic nitrogens is 5. The van der Waals surface area contributed by atoms with E-state index in [1.54, 1.807) is 18.2 Å². The predicted octanol–water partition coefficient (Wildman–Crippen LogP) is 1.99. The SMILES string of the molecule is Nc1nonc1-n1nnc(C(=O)N/N=C\c2ccccc2O)c1CSc1ccccc1. The van der Waals surface area contributed by atoms with E-state index in [0.717, 1.165) is 4.90 Å². The number of carbonyl (C=O) groups is 1. The molecule has 0 bridgehead atoms. The van der Waals surface area contributed by atoms with Crippen LogP contribution in [0.4, 0.5) is 5.82 Å². The molecule has 0 unspecified atom stereocenters. The molecular formula is C19H16N8O3S. The summed E-state index contributed by atoms with van der Waals surface area (Å²) in [6, 6.07) is 16.2. The maximum Gasteiger partial charge on any atom is 0.293 e. The molecule has 0 spiro atoms. The Bertz CT molecular complexity index is 1220. The number of para-hydroxylation sites is 1. The monoisotopic (exact) mass is 436 g/mol. The van der Waals surface area contributed by atoms with Crippen molar-refractivity contribution in [1.82, 2.24) is 30.7 Å². The Kier molecular flexibility index (Phi) is 5.89. The fourth-order valence-corrected chi connectivity index (χ4v) is 3.51. The third-order valence-electron chi connectivity index (χ3n) is 4.10. The lowest BCUT2D eigenvalue weighted by atomic mass is 10.2. The first-order valence-corrected chi connectivity index (χ1v) is 9.94. The number of aromatic hydroxyl groups is 1. The van der Waals surface area contributed by atoms with Gasteiger partial charge in [-0.15, -0.1) is 16.9 Å². The van der Waals surface area contributed by atoms with Crippen LogP contribution in [0.3, 0.4) is 0 Å². The van der Waals surface area contributed by atoms with Gasteiger partial charge in [-0.05, 0) is 34.6 Å². The smallest absolute Gasteiger partial charge is 0.293 e. The molecule has 0 saturated carbocycles. The average molecular weight is 436 g/mol. The molecule has 156 valence electrons. The molecule has 4 rings (SSSR count). The number of phenols is 1. The predicted molar refractivity (Wildman–Crippen MR) is 113 cm³/mol.